The van der Waals surface area contributed by atoms with Gasteiger partial charge in [0, 0.05) is 0 Å². The molecule has 3 nitrogen and oxygen atoms in total. The highest BCUT2D eigenvalue weighted by Crippen LogP contribution is 2.34. The van der Waals surface area contributed by atoms with Crippen LogP contribution in [0.5, 0.6) is 0 Å². The molecule has 0 bridgehead atoms. The van der Waals surface area contributed by atoms with Gasteiger partial charge in [-0.2, -0.15) is 8.42 Å². The van der Waals surface area contributed by atoms with Gasteiger partial charge in [0.05, 0.1) is 6.10 Å². The Morgan fingerprint density at radius 3 is 1.93 bits per heavy atom. The van der Waals surface area contributed by atoms with Crippen LogP contribution in [0.25, 0.3) is 0 Å². The van der Waals surface area contributed by atoms with E-state index in [9.17, 15) is 8.42 Å². The second kappa shape index (κ2) is 13.6. The number of rotatable bonds is 16. The first-order chi connectivity index (χ1) is 13.4. The topological polar surface area (TPSA) is 43.4 Å². The predicted octanol–water partition coefficient (Wildman–Crippen LogP) is 7.33. The van der Waals surface area contributed by atoms with Gasteiger partial charge in [0.25, 0.3) is 10.1 Å². The van der Waals surface area contributed by atoms with E-state index in [2.05, 4.69) is 6.92 Å². The van der Waals surface area contributed by atoms with Crippen LogP contribution in [-0.2, 0) is 14.3 Å². The lowest BCUT2D eigenvalue weighted by Gasteiger charge is -2.33. The third-order valence-electron chi connectivity index (χ3n) is 6.23. The van der Waals surface area contributed by atoms with E-state index < -0.39 is 14.9 Å². The van der Waals surface area contributed by atoms with E-state index in [1.54, 1.807) is 13.0 Å². The SMILES string of the molecule is CCCCCCCCCCCCCC(CC)OS(=O)(=O)C1(C)C=CC=CC1C. The first kappa shape index (κ1) is 25.4. The smallest absolute Gasteiger partial charge is 0.266 e. The molecule has 28 heavy (non-hydrogen) atoms. The van der Waals surface area contributed by atoms with Gasteiger partial charge in [-0.15, -0.1) is 0 Å². The maximum Gasteiger partial charge on any atom is 0.277 e. The first-order valence-corrected chi connectivity index (χ1v) is 13.1. The lowest BCUT2D eigenvalue weighted by Crippen LogP contribution is -2.42. The van der Waals surface area contributed by atoms with Crippen molar-refractivity contribution in [2.45, 2.75) is 122 Å². The highest BCUT2D eigenvalue weighted by molar-refractivity contribution is 7.88. The fourth-order valence-electron chi connectivity index (χ4n) is 3.77. The summed E-state index contributed by atoms with van der Waals surface area (Å²) < 4.78 is 30.5. The molecule has 0 aromatic carbocycles. The summed E-state index contributed by atoms with van der Waals surface area (Å²) in [5.41, 5.74) is 0. The van der Waals surface area contributed by atoms with Crippen molar-refractivity contribution in [2.24, 2.45) is 5.92 Å². The second-order valence-electron chi connectivity index (χ2n) is 8.62. The molecule has 4 heteroatoms. The zero-order chi connectivity index (χ0) is 20.9. The molecule has 1 rings (SSSR count). The van der Waals surface area contributed by atoms with E-state index in [0.29, 0.717) is 0 Å². The summed E-state index contributed by atoms with van der Waals surface area (Å²) in [4.78, 5) is 0. The summed E-state index contributed by atoms with van der Waals surface area (Å²) in [6.07, 6.45) is 23.1. The summed E-state index contributed by atoms with van der Waals surface area (Å²) in [5, 5.41) is 0. The highest BCUT2D eigenvalue weighted by atomic mass is 32.2. The van der Waals surface area contributed by atoms with Crippen LogP contribution < -0.4 is 0 Å². The molecular weight excluding hydrogens is 368 g/mol. The number of hydrogen-bond acceptors (Lipinski definition) is 3. The van der Waals surface area contributed by atoms with Crippen molar-refractivity contribution in [2.75, 3.05) is 0 Å². The van der Waals surface area contributed by atoms with Crippen LogP contribution in [-0.4, -0.2) is 19.3 Å². The Bertz CT molecular complexity index is 564. The summed E-state index contributed by atoms with van der Waals surface area (Å²) in [6.45, 7) is 7.98. The Morgan fingerprint density at radius 1 is 0.893 bits per heavy atom. The lowest BCUT2D eigenvalue weighted by atomic mass is 9.91. The zero-order valence-electron chi connectivity index (χ0n) is 18.8. The van der Waals surface area contributed by atoms with Crippen LogP contribution in [0.2, 0.25) is 0 Å². The molecule has 0 aromatic rings. The van der Waals surface area contributed by atoms with Gasteiger partial charge in [0.1, 0.15) is 4.75 Å². The molecule has 0 radical (unpaired) electrons. The molecule has 3 atom stereocenters. The normalized spacial score (nSPS) is 23.2. The van der Waals surface area contributed by atoms with Gasteiger partial charge in [0.15, 0.2) is 0 Å². The maximum absolute atomic E-state index is 12.9. The van der Waals surface area contributed by atoms with Crippen molar-refractivity contribution in [1.29, 1.82) is 0 Å². The van der Waals surface area contributed by atoms with Crippen LogP contribution >= 0.6 is 0 Å². The van der Waals surface area contributed by atoms with E-state index in [-0.39, 0.29) is 12.0 Å². The molecule has 0 aliphatic heterocycles. The van der Waals surface area contributed by atoms with Gasteiger partial charge < -0.3 is 0 Å². The molecule has 1 aliphatic rings. The minimum Gasteiger partial charge on any atom is -0.266 e. The monoisotopic (exact) mass is 412 g/mol. The van der Waals surface area contributed by atoms with Crippen LogP contribution in [0, 0.1) is 5.92 Å². The van der Waals surface area contributed by atoms with Crippen molar-refractivity contribution >= 4 is 10.1 Å². The molecule has 0 saturated carbocycles. The minimum atomic E-state index is -3.65. The van der Waals surface area contributed by atoms with Gasteiger partial charge in [0.2, 0.25) is 0 Å². The lowest BCUT2D eigenvalue weighted by molar-refractivity contribution is 0.181. The fourth-order valence-corrected chi connectivity index (χ4v) is 5.35. The molecule has 0 N–H and O–H groups in total. The van der Waals surface area contributed by atoms with E-state index in [1.165, 1.54) is 64.2 Å². The average Bonchev–Trinajstić information content (AvgIpc) is 2.67. The molecular formula is C24H44O3S. The Morgan fingerprint density at radius 2 is 1.43 bits per heavy atom. The van der Waals surface area contributed by atoms with E-state index in [1.807, 2.05) is 32.1 Å². The van der Waals surface area contributed by atoms with Crippen molar-refractivity contribution in [3.05, 3.63) is 24.3 Å². The third kappa shape index (κ3) is 8.41. The second-order valence-corrected chi connectivity index (χ2v) is 10.6. The average molecular weight is 413 g/mol. The van der Waals surface area contributed by atoms with Crippen molar-refractivity contribution in [3.63, 3.8) is 0 Å². The predicted molar refractivity (Wildman–Crippen MR) is 121 cm³/mol. The quantitative estimate of drug-likeness (QED) is 0.197. The maximum atomic E-state index is 12.9. The van der Waals surface area contributed by atoms with Gasteiger partial charge in [-0.3, -0.25) is 4.18 Å². The first-order valence-electron chi connectivity index (χ1n) is 11.7. The third-order valence-corrected chi connectivity index (χ3v) is 8.34. The van der Waals surface area contributed by atoms with E-state index >= 15 is 0 Å². The molecule has 3 unspecified atom stereocenters. The zero-order valence-corrected chi connectivity index (χ0v) is 19.6. The molecule has 0 spiro atoms. The molecule has 0 heterocycles. The molecule has 0 fully saturated rings. The number of hydrogen-bond donors (Lipinski definition) is 0. The largest absolute Gasteiger partial charge is 0.277 e. The van der Waals surface area contributed by atoms with Gasteiger partial charge >= 0.3 is 0 Å². The number of allylic oxidation sites excluding steroid dienone is 3. The van der Waals surface area contributed by atoms with E-state index in [4.69, 9.17) is 4.18 Å². The summed E-state index contributed by atoms with van der Waals surface area (Å²) in [6, 6.07) is 0. The summed E-state index contributed by atoms with van der Waals surface area (Å²) >= 11 is 0. The fraction of sp³-hybridized carbons (Fsp3) is 0.833. The van der Waals surface area contributed by atoms with Crippen LogP contribution in [0.3, 0.4) is 0 Å². The van der Waals surface area contributed by atoms with Gasteiger partial charge in [-0.05, 0) is 25.7 Å². The minimum absolute atomic E-state index is 0.0815. The Kier molecular flexibility index (Phi) is 12.3. The van der Waals surface area contributed by atoms with Crippen molar-refractivity contribution in [1.82, 2.24) is 0 Å². The van der Waals surface area contributed by atoms with Crippen LogP contribution in [0.1, 0.15) is 111 Å². The van der Waals surface area contributed by atoms with Crippen LogP contribution in [0.4, 0.5) is 0 Å². The molecule has 164 valence electrons. The van der Waals surface area contributed by atoms with Gasteiger partial charge in [-0.25, -0.2) is 0 Å². The Hall–Kier alpha value is -0.610. The molecule has 0 amide bonds. The summed E-state index contributed by atoms with van der Waals surface area (Å²) in [5.74, 6) is -0.0815. The van der Waals surface area contributed by atoms with Gasteiger partial charge in [-0.1, -0.05) is 116 Å². The highest BCUT2D eigenvalue weighted by Gasteiger charge is 2.43. The molecule has 0 aromatic heterocycles. The van der Waals surface area contributed by atoms with E-state index in [0.717, 1.165) is 19.3 Å². The van der Waals surface area contributed by atoms with Crippen molar-refractivity contribution < 1.29 is 12.6 Å². The van der Waals surface area contributed by atoms with Crippen LogP contribution in [0.15, 0.2) is 24.3 Å². The standard InChI is InChI=1S/C24H44O3S/c1-5-7-8-9-10-11-12-13-14-15-16-20-23(6-2)27-28(25,26)24(4)21-18-17-19-22(24)3/h17-19,21-23H,5-16,20H2,1-4H3. The number of unbranched alkanes of at least 4 members (excludes halogenated alkanes) is 10. The Labute approximate surface area is 175 Å². The van der Waals surface area contributed by atoms with Crippen molar-refractivity contribution in [3.8, 4) is 0 Å². The summed E-state index contributed by atoms with van der Waals surface area (Å²) in [7, 11) is -3.65. The Balaban J connectivity index is 2.23. The molecule has 1 aliphatic carbocycles. The molecule has 0 saturated heterocycles.